The van der Waals surface area contributed by atoms with Crippen LogP contribution in [0.15, 0.2) is 42.5 Å². The summed E-state index contributed by atoms with van der Waals surface area (Å²) in [6.07, 6.45) is -0.266. The molecule has 218 valence electrons. The van der Waals surface area contributed by atoms with E-state index in [4.69, 9.17) is 23.8 Å². The third kappa shape index (κ3) is 4.76. The van der Waals surface area contributed by atoms with Crippen LogP contribution in [-0.4, -0.2) is 78.1 Å². The van der Waals surface area contributed by atoms with Crippen LogP contribution in [0, 0.1) is 0 Å². The predicted molar refractivity (Wildman–Crippen MR) is 142 cm³/mol. The Morgan fingerprint density at radius 2 is 1.88 bits per heavy atom. The Balaban J connectivity index is 1.67. The van der Waals surface area contributed by atoms with Gasteiger partial charge in [-0.25, -0.2) is 19.5 Å². The third-order valence-electron chi connectivity index (χ3n) is 7.34. The van der Waals surface area contributed by atoms with Crippen LogP contribution in [0.4, 0.5) is 10.5 Å². The first-order chi connectivity index (χ1) is 19.3. The maximum atomic E-state index is 13.2. The number of ether oxygens (including phenoxy) is 4. The van der Waals surface area contributed by atoms with Gasteiger partial charge in [-0.3, -0.25) is 9.69 Å². The lowest BCUT2D eigenvalue weighted by Crippen LogP contribution is -2.69. The van der Waals surface area contributed by atoms with Crippen molar-refractivity contribution in [3.05, 3.63) is 59.2 Å². The molecule has 2 fully saturated rings. The molecule has 0 spiro atoms. The number of hydroxylamine groups is 1. The van der Waals surface area contributed by atoms with Gasteiger partial charge in [0.2, 0.25) is 5.79 Å². The summed E-state index contributed by atoms with van der Waals surface area (Å²) >= 11 is 0. The number of aliphatic hydroxyl groups is 1. The topological polar surface area (TPSA) is 141 Å². The number of methoxy groups -OCH3 is 1. The Kier molecular flexibility index (Phi) is 6.94. The number of fused-ring (bicyclic) bond motifs is 6. The second-order valence-corrected chi connectivity index (χ2v) is 11.3. The number of rotatable bonds is 7. The lowest BCUT2D eigenvalue weighted by atomic mass is 9.69. The number of carbonyl (C=O) groups is 4. The molecule has 12 heteroatoms. The van der Waals surface area contributed by atoms with E-state index in [1.165, 1.54) is 36.1 Å². The van der Waals surface area contributed by atoms with Crippen molar-refractivity contribution in [3.8, 4) is 5.75 Å². The van der Waals surface area contributed by atoms with Crippen LogP contribution in [0.3, 0.4) is 0 Å². The zero-order valence-electron chi connectivity index (χ0n) is 23.4. The summed E-state index contributed by atoms with van der Waals surface area (Å²) < 4.78 is 22.0. The number of esters is 2. The number of amides is 1. The molecule has 3 aliphatic rings. The minimum atomic E-state index is -2.38. The highest BCUT2D eigenvalue weighted by Gasteiger charge is 2.77. The number of anilines is 1. The standard InChI is InChI=1S/C29H32N2O10/c1-17(33)39-16-28(15-32)23-20(11-19(25(34)37-5)12-22(23)38-14-18-9-7-6-8-10-18)30-13-21-24(29(28,36)41-30)31(21)26(35)40-27(2,3)4/h6-12,15,21,24,36H,13-14,16H2,1-5H3/t21-,24-,28-,29+,31?/m0/s1. The van der Waals surface area contributed by atoms with Crippen molar-refractivity contribution >= 4 is 30.0 Å². The van der Waals surface area contributed by atoms with Crippen molar-refractivity contribution in [2.75, 3.05) is 25.3 Å². The molecule has 5 rings (SSSR count). The Bertz CT molecular complexity index is 1390. The van der Waals surface area contributed by atoms with Gasteiger partial charge in [-0.05, 0) is 38.5 Å². The molecule has 3 aliphatic heterocycles. The van der Waals surface area contributed by atoms with E-state index < -0.39 is 53.5 Å². The molecule has 12 nitrogen and oxygen atoms in total. The Hall–Kier alpha value is -4.16. The molecular weight excluding hydrogens is 536 g/mol. The second-order valence-electron chi connectivity index (χ2n) is 11.3. The SMILES string of the molecule is COC(=O)c1cc(OCc2ccccc2)c2c(c1)N1C[C@H]3[C@H](N3C(=O)OC(C)(C)C)[C@@](O)(O1)[C@@]2(C=O)COC(C)=O. The van der Waals surface area contributed by atoms with Crippen molar-refractivity contribution in [3.63, 3.8) is 0 Å². The lowest BCUT2D eigenvalue weighted by molar-refractivity contribution is -0.272. The van der Waals surface area contributed by atoms with Crippen LogP contribution in [0.25, 0.3) is 0 Å². The summed E-state index contributed by atoms with van der Waals surface area (Å²) in [5, 5.41) is 13.6. The molecule has 1 N–H and O–H groups in total. The van der Waals surface area contributed by atoms with Crippen LogP contribution < -0.4 is 9.80 Å². The summed E-state index contributed by atoms with van der Waals surface area (Å²) in [5.41, 5.74) is -1.64. The molecule has 0 radical (unpaired) electrons. The quantitative estimate of drug-likeness (QED) is 0.228. The van der Waals surface area contributed by atoms with Crippen molar-refractivity contribution in [1.82, 2.24) is 4.90 Å². The van der Waals surface area contributed by atoms with E-state index >= 15 is 0 Å². The summed E-state index contributed by atoms with van der Waals surface area (Å²) in [5.74, 6) is -3.69. The summed E-state index contributed by atoms with van der Waals surface area (Å²) in [7, 11) is 1.23. The van der Waals surface area contributed by atoms with E-state index in [-0.39, 0.29) is 35.7 Å². The highest BCUT2D eigenvalue weighted by Crippen LogP contribution is 2.59. The molecule has 0 unspecified atom stereocenters. The molecule has 0 saturated carbocycles. The van der Waals surface area contributed by atoms with Crippen LogP contribution in [0.2, 0.25) is 0 Å². The van der Waals surface area contributed by atoms with Crippen LogP contribution >= 0.6 is 0 Å². The number of aldehydes is 1. The Morgan fingerprint density at radius 1 is 1.17 bits per heavy atom. The second kappa shape index (κ2) is 10.0. The summed E-state index contributed by atoms with van der Waals surface area (Å²) in [6, 6.07) is 10.4. The van der Waals surface area contributed by atoms with Gasteiger partial charge in [0.25, 0.3) is 0 Å². The van der Waals surface area contributed by atoms with E-state index in [0.29, 0.717) is 6.29 Å². The number of benzene rings is 2. The zero-order valence-corrected chi connectivity index (χ0v) is 23.4. The molecule has 0 aromatic heterocycles. The largest absolute Gasteiger partial charge is 0.488 e. The van der Waals surface area contributed by atoms with Gasteiger partial charge in [0, 0.05) is 12.5 Å². The van der Waals surface area contributed by atoms with Crippen molar-refractivity contribution in [1.29, 1.82) is 0 Å². The number of carbonyl (C=O) groups excluding carboxylic acids is 4. The molecule has 2 aromatic rings. The van der Waals surface area contributed by atoms with Crippen molar-refractivity contribution in [2.45, 2.75) is 63.2 Å². The van der Waals surface area contributed by atoms with E-state index in [9.17, 15) is 24.3 Å². The molecular formula is C29H32N2O10. The minimum Gasteiger partial charge on any atom is -0.488 e. The van der Waals surface area contributed by atoms with E-state index in [1.54, 1.807) is 20.8 Å². The van der Waals surface area contributed by atoms with E-state index in [1.807, 2.05) is 30.3 Å². The minimum absolute atomic E-state index is 0.0514. The van der Waals surface area contributed by atoms with E-state index in [0.717, 1.165) is 5.56 Å². The molecule has 0 aliphatic carbocycles. The maximum absolute atomic E-state index is 13.2. The predicted octanol–water partition coefficient (Wildman–Crippen LogP) is 2.49. The molecule has 1 amide bonds. The first-order valence-corrected chi connectivity index (χ1v) is 13.1. The fourth-order valence-corrected chi connectivity index (χ4v) is 5.48. The number of nitrogens with zero attached hydrogens (tertiary/aromatic N) is 2. The molecule has 3 heterocycles. The monoisotopic (exact) mass is 568 g/mol. The molecule has 41 heavy (non-hydrogen) atoms. The van der Waals surface area contributed by atoms with Gasteiger partial charge in [0.15, 0.2) is 0 Å². The smallest absolute Gasteiger partial charge is 0.411 e. The van der Waals surface area contributed by atoms with Crippen molar-refractivity contribution in [2.24, 2.45) is 0 Å². The number of hydrogen-bond acceptors (Lipinski definition) is 11. The maximum Gasteiger partial charge on any atom is 0.411 e. The average Bonchev–Trinajstić information content (AvgIpc) is 3.66. The average molecular weight is 569 g/mol. The van der Waals surface area contributed by atoms with Crippen LogP contribution in [0.1, 0.15) is 49.2 Å². The zero-order chi connectivity index (χ0) is 29.7. The fraction of sp³-hybridized carbons (Fsp3) is 0.448. The Labute approximate surface area is 236 Å². The third-order valence-corrected chi connectivity index (χ3v) is 7.34. The van der Waals surface area contributed by atoms with Gasteiger partial charge in [-0.15, -0.1) is 0 Å². The van der Waals surface area contributed by atoms with Gasteiger partial charge in [-0.2, -0.15) is 0 Å². The fourth-order valence-electron chi connectivity index (χ4n) is 5.48. The normalized spacial score (nSPS) is 25.8. The van der Waals surface area contributed by atoms with Gasteiger partial charge >= 0.3 is 18.0 Å². The first-order valence-electron chi connectivity index (χ1n) is 13.1. The van der Waals surface area contributed by atoms with Gasteiger partial charge in [0.1, 0.15) is 42.3 Å². The van der Waals surface area contributed by atoms with Crippen molar-refractivity contribution < 1.29 is 48.1 Å². The Morgan fingerprint density at radius 3 is 2.49 bits per heavy atom. The molecule has 2 aromatic carbocycles. The summed E-state index contributed by atoms with van der Waals surface area (Å²) in [4.78, 5) is 58.3. The highest BCUT2D eigenvalue weighted by atomic mass is 16.8. The van der Waals surface area contributed by atoms with Gasteiger partial charge in [-0.1, -0.05) is 30.3 Å². The number of hydrogen-bond donors (Lipinski definition) is 1. The molecule has 4 atom stereocenters. The van der Waals surface area contributed by atoms with E-state index in [2.05, 4.69) is 0 Å². The molecule has 2 saturated heterocycles. The summed E-state index contributed by atoms with van der Waals surface area (Å²) in [6.45, 7) is 5.81. The van der Waals surface area contributed by atoms with Gasteiger partial charge < -0.3 is 28.8 Å². The van der Waals surface area contributed by atoms with Gasteiger partial charge in [0.05, 0.1) is 30.9 Å². The highest BCUT2D eigenvalue weighted by molar-refractivity contribution is 5.94. The lowest BCUT2D eigenvalue weighted by Gasteiger charge is -2.52. The van der Waals surface area contributed by atoms with Crippen LogP contribution in [-0.2, 0) is 40.7 Å². The first kappa shape index (κ1) is 28.4. The molecule has 2 bridgehead atoms. The van der Waals surface area contributed by atoms with Crippen LogP contribution in [0.5, 0.6) is 5.75 Å².